The van der Waals surface area contributed by atoms with Gasteiger partial charge in [0.2, 0.25) is 0 Å². The van der Waals surface area contributed by atoms with Crippen molar-refractivity contribution in [3.05, 3.63) is 45.4 Å². The molecule has 0 aliphatic heterocycles. The number of hydrogen-bond donors (Lipinski definition) is 4. The summed E-state index contributed by atoms with van der Waals surface area (Å²) in [6.45, 7) is 0.0684. The second-order valence-electron chi connectivity index (χ2n) is 5.58. The Hall–Kier alpha value is -2.01. The first-order chi connectivity index (χ1) is 13.2. The van der Waals surface area contributed by atoms with Gasteiger partial charge in [-0.05, 0) is 36.8 Å². The molecule has 1 amide bonds. The minimum absolute atomic E-state index is 0.0454. The molecular weight excluding hydrogens is 476 g/mol. The number of aliphatic hydroxyl groups is 1. The molecule has 0 radical (unpaired) electrons. The first kappa shape index (κ1) is 22.3. The summed E-state index contributed by atoms with van der Waals surface area (Å²) in [4.78, 5) is 12.0. The number of phenolic OH excluding ortho intramolecular Hbond substituents is 1. The third kappa shape index (κ3) is 5.28. The lowest BCUT2D eigenvalue weighted by Crippen LogP contribution is -2.25. The Bertz CT molecular complexity index is 984. The lowest BCUT2D eigenvalue weighted by atomic mass is 10.1. The first-order valence-electron chi connectivity index (χ1n) is 7.97. The van der Waals surface area contributed by atoms with Crippen LogP contribution in [-0.2, 0) is 10.0 Å². The van der Waals surface area contributed by atoms with Crippen molar-refractivity contribution >= 4 is 49.1 Å². The predicted molar refractivity (Wildman–Crippen MR) is 109 cm³/mol. The number of anilines is 1. The quantitative estimate of drug-likeness (QED) is 0.331. The highest BCUT2D eigenvalue weighted by molar-refractivity contribution is 9.10. The molecule has 152 valence electrons. The maximum absolute atomic E-state index is 12.8. The van der Waals surface area contributed by atoms with Crippen LogP contribution >= 0.6 is 27.5 Å². The molecule has 2 aromatic carbocycles. The molecule has 0 aliphatic carbocycles. The number of hydrogen-bond acceptors (Lipinski definition) is 6. The van der Waals surface area contributed by atoms with E-state index in [4.69, 9.17) is 21.4 Å². The molecule has 0 unspecified atom stereocenters. The number of carbonyl (C=O) groups is 1. The number of aliphatic hydroxyl groups excluding tert-OH is 1. The minimum atomic E-state index is -4.17. The summed E-state index contributed by atoms with van der Waals surface area (Å²) >= 11 is 9.19. The second kappa shape index (κ2) is 9.46. The number of benzene rings is 2. The summed E-state index contributed by atoms with van der Waals surface area (Å²) in [6, 6.07) is 6.82. The topological polar surface area (TPSA) is 125 Å². The number of ether oxygens (including phenoxy) is 1. The van der Waals surface area contributed by atoms with E-state index in [2.05, 4.69) is 26.0 Å². The summed E-state index contributed by atoms with van der Waals surface area (Å²) in [5, 5.41) is 21.7. The lowest BCUT2D eigenvalue weighted by molar-refractivity contribution is 0.0948. The molecule has 0 bridgehead atoms. The molecule has 0 saturated carbocycles. The van der Waals surface area contributed by atoms with Crippen molar-refractivity contribution in [1.82, 2.24) is 5.32 Å². The summed E-state index contributed by atoms with van der Waals surface area (Å²) in [5.41, 5.74) is -0.466. The molecule has 0 spiro atoms. The van der Waals surface area contributed by atoms with Crippen LogP contribution in [0.2, 0.25) is 5.02 Å². The molecule has 0 atom stereocenters. The van der Waals surface area contributed by atoms with Gasteiger partial charge in [0, 0.05) is 22.6 Å². The van der Waals surface area contributed by atoms with Crippen molar-refractivity contribution < 1.29 is 28.2 Å². The molecule has 8 nitrogen and oxygen atoms in total. The molecule has 2 rings (SSSR count). The van der Waals surface area contributed by atoms with Gasteiger partial charge >= 0.3 is 0 Å². The minimum Gasteiger partial charge on any atom is -0.505 e. The van der Waals surface area contributed by atoms with Crippen LogP contribution < -0.4 is 14.8 Å². The predicted octanol–water partition coefficient (Wildman–Crippen LogP) is 2.73. The summed E-state index contributed by atoms with van der Waals surface area (Å²) in [5.74, 6) is -1.14. The molecule has 0 fully saturated rings. The zero-order chi connectivity index (χ0) is 20.9. The van der Waals surface area contributed by atoms with Gasteiger partial charge in [-0.25, -0.2) is 8.42 Å². The van der Waals surface area contributed by atoms with Crippen molar-refractivity contribution in [2.75, 3.05) is 25.0 Å². The molecule has 0 aliphatic rings. The van der Waals surface area contributed by atoms with Gasteiger partial charge in [0.1, 0.15) is 10.6 Å². The third-order valence-electron chi connectivity index (χ3n) is 3.60. The van der Waals surface area contributed by atoms with Gasteiger partial charge in [-0.1, -0.05) is 27.5 Å². The number of rotatable bonds is 8. The first-order valence-corrected chi connectivity index (χ1v) is 10.6. The molecular formula is C17H18BrClN2O6S. The fraction of sp³-hybridized carbons (Fsp3) is 0.235. The Morgan fingerprint density at radius 2 is 2.00 bits per heavy atom. The molecule has 0 aromatic heterocycles. The van der Waals surface area contributed by atoms with Crippen molar-refractivity contribution in [3.63, 3.8) is 0 Å². The van der Waals surface area contributed by atoms with E-state index in [1.54, 1.807) is 6.07 Å². The summed E-state index contributed by atoms with van der Waals surface area (Å²) in [7, 11) is -2.84. The Labute approximate surface area is 175 Å². The fourth-order valence-electron chi connectivity index (χ4n) is 2.29. The van der Waals surface area contributed by atoms with Crippen LogP contribution in [-0.4, -0.2) is 44.8 Å². The Morgan fingerprint density at radius 3 is 2.64 bits per heavy atom. The van der Waals surface area contributed by atoms with E-state index in [0.717, 1.165) is 0 Å². The zero-order valence-corrected chi connectivity index (χ0v) is 17.9. The van der Waals surface area contributed by atoms with Crippen molar-refractivity contribution in [2.45, 2.75) is 11.3 Å². The second-order valence-corrected chi connectivity index (χ2v) is 8.59. The summed E-state index contributed by atoms with van der Waals surface area (Å²) < 4.78 is 33.4. The van der Waals surface area contributed by atoms with E-state index in [0.29, 0.717) is 10.9 Å². The van der Waals surface area contributed by atoms with Crippen LogP contribution in [0, 0.1) is 0 Å². The monoisotopic (exact) mass is 492 g/mol. The number of aromatic hydroxyl groups is 1. The van der Waals surface area contributed by atoms with Crippen LogP contribution in [0.15, 0.2) is 39.7 Å². The van der Waals surface area contributed by atoms with Crippen LogP contribution in [0.4, 0.5) is 5.69 Å². The van der Waals surface area contributed by atoms with Gasteiger partial charge in [0.15, 0.2) is 5.75 Å². The highest BCUT2D eigenvalue weighted by Gasteiger charge is 2.24. The van der Waals surface area contributed by atoms with E-state index in [1.165, 1.54) is 31.4 Å². The van der Waals surface area contributed by atoms with Crippen molar-refractivity contribution in [2.24, 2.45) is 0 Å². The third-order valence-corrected chi connectivity index (χ3v) is 5.70. The Kier molecular flexibility index (Phi) is 7.53. The van der Waals surface area contributed by atoms with Gasteiger partial charge in [-0.2, -0.15) is 0 Å². The number of methoxy groups -OCH3 is 1. The Morgan fingerprint density at radius 1 is 1.29 bits per heavy atom. The van der Waals surface area contributed by atoms with E-state index < -0.39 is 21.7 Å². The van der Waals surface area contributed by atoms with E-state index in [-0.39, 0.29) is 40.1 Å². The lowest BCUT2D eigenvalue weighted by Gasteiger charge is -2.15. The van der Waals surface area contributed by atoms with E-state index >= 15 is 0 Å². The normalized spacial score (nSPS) is 11.1. The average molecular weight is 494 g/mol. The maximum atomic E-state index is 12.8. The molecule has 4 N–H and O–H groups in total. The zero-order valence-electron chi connectivity index (χ0n) is 14.7. The SMILES string of the molecule is COc1ccc(Br)cc1S(=O)(=O)Nc1cc(Cl)cc(C(=O)NCCCO)c1O. The van der Waals surface area contributed by atoms with Gasteiger partial charge in [-0.3, -0.25) is 9.52 Å². The van der Waals surface area contributed by atoms with Gasteiger partial charge in [-0.15, -0.1) is 0 Å². The van der Waals surface area contributed by atoms with E-state index in [9.17, 15) is 18.3 Å². The van der Waals surface area contributed by atoms with Gasteiger partial charge < -0.3 is 20.3 Å². The molecule has 2 aromatic rings. The number of amides is 1. The average Bonchev–Trinajstić information content (AvgIpc) is 2.64. The fourth-order valence-corrected chi connectivity index (χ4v) is 4.27. The van der Waals surface area contributed by atoms with Crippen LogP contribution in [0.1, 0.15) is 16.8 Å². The van der Waals surface area contributed by atoms with Crippen LogP contribution in [0.3, 0.4) is 0 Å². The van der Waals surface area contributed by atoms with Crippen LogP contribution in [0.25, 0.3) is 0 Å². The number of sulfonamides is 1. The standard InChI is InChI=1S/C17H18BrClN2O6S/c1-27-14-4-3-10(18)7-15(14)28(25,26)21-13-9-11(19)8-12(16(13)23)17(24)20-5-2-6-22/h3-4,7-9,21-23H,2,5-6H2,1H3,(H,20,24). The van der Waals surface area contributed by atoms with Gasteiger partial charge in [0.25, 0.3) is 15.9 Å². The van der Waals surface area contributed by atoms with Crippen molar-refractivity contribution in [1.29, 1.82) is 0 Å². The molecule has 28 heavy (non-hydrogen) atoms. The molecule has 0 saturated heterocycles. The highest BCUT2D eigenvalue weighted by Crippen LogP contribution is 2.35. The number of halogens is 2. The maximum Gasteiger partial charge on any atom is 0.265 e. The number of carbonyl (C=O) groups excluding carboxylic acids is 1. The van der Waals surface area contributed by atoms with E-state index in [1.807, 2.05) is 0 Å². The van der Waals surface area contributed by atoms with Gasteiger partial charge in [0.05, 0.1) is 18.4 Å². The highest BCUT2D eigenvalue weighted by atomic mass is 79.9. The largest absolute Gasteiger partial charge is 0.505 e. The van der Waals surface area contributed by atoms with Crippen molar-refractivity contribution in [3.8, 4) is 11.5 Å². The number of phenols is 1. The molecule has 11 heteroatoms. The summed E-state index contributed by atoms with van der Waals surface area (Å²) in [6.07, 6.45) is 0.329. The van der Waals surface area contributed by atoms with Crippen LogP contribution in [0.5, 0.6) is 11.5 Å². The molecule has 0 heterocycles. The Balaban J connectivity index is 2.41. The smallest absolute Gasteiger partial charge is 0.265 e. The number of nitrogens with one attached hydrogen (secondary N) is 2.